The topological polar surface area (TPSA) is 94.0 Å². The largest absolute Gasteiger partial charge is 0.457 e. The van der Waals surface area contributed by atoms with E-state index in [-0.39, 0.29) is 11.8 Å². The molecule has 38 heavy (non-hydrogen) atoms. The number of nitrogens with one attached hydrogen (secondary N) is 2. The Morgan fingerprint density at radius 3 is 2.61 bits per heavy atom. The molecule has 5 rings (SSSR count). The van der Waals surface area contributed by atoms with E-state index >= 15 is 0 Å². The lowest BCUT2D eigenvalue weighted by Gasteiger charge is -2.15. The van der Waals surface area contributed by atoms with Crippen LogP contribution in [0.4, 0.5) is 17.2 Å². The average Bonchev–Trinajstić information content (AvgIpc) is 3.29. The van der Waals surface area contributed by atoms with Gasteiger partial charge in [-0.3, -0.25) is 4.79 Å². The Morgan fingerprint density at radius 2 is 1.82 bits per heavy atom. The van der Waals surface area contributed by atoms with E-state index < -0.39 is 0 Å². The Labute approximate surface area is 222 Å². The number of ether oxygens (including phenoxy) is 1. The maximum Gasteiger partial charge on any atom is 0.227 e. The normalized spacial score (nSPS) is 12.0. The molecule has 194 valence electrons. The van der Waals surface area contributed by atoms with Gasteiger partial charge in [-0.25, -0.2) is 15.0 Å². The second-order valence-corrected chi connectivity index (χ2v) is 9.55. The van der Waals surface area contributed by atoms with Gasteiger partial charge in [0.15, 0.2) is 0 Å². The van der Waals surface area contributed by atoms with Gasteiger partial charge in [-0.1, -0.05) is 20.3 Å². The molecule has 8 heteroatoms. The van der Waals surface area contributed by atoms with Crippen LogP contribution in [0.5, 0.6) is 11.5 Å². The molecular weight excluding hydrogens is 476 g/mol. The van der Waals surface area contributed by atoms with Crippen molar-refractivity contribution in [3.63, 3.8) is 0 Å². The lowest BCUT2D eigenvalue weighted by molar-refractivity contribution is -0.120. The Hall–Kier alpha value is -4.46. The number of aromatic nitrogens is 4. The number of hydrogen-bond donors (Lipinski definition) is 2. The number of rotatable bonds is 9. The van der Waals surface area contributed by atoms with Gasteiger partial charge in [0.1, 0.15) is 23.6 Å². The monoisotopic (exact) mass is 508 g/mol. The van der Waals surface area contributed by atoms with E-state index in [1.165, 1.54) is 6.33 Å². The van der Waals surface area contributed by atoms with E-state index in [1.54, 1.807) is 6.33 Å². The Balaban J connectivity index is 1.35. The number of carbonyl (C=O) groups is 1. The molecule has 0 bridgehead atoms. The maximum absolute atomic E-state index is 12.7. The molecule has 1 amide bonds. The number of aryl methyl sites for hydroxylation is 2. The van der Waals surface area contributed by atoms with Crippen LogP contribution in [0.1, 0.15) is 38.7 Å². The average molecular weight is 509 g/mol. The summed E-state index contributed by atoms with van der Waals surface area (Å²) in [7, 11) is 1.97. The van der Waals surface area contributed by atoms with Crippen molar-refractivity contribution in [2.45, 2.75) is 40.0 Å². The standard InChI is InChI=1S/C30H32N6O2/c1-5-7-20(6-2)30(37)35-22-8-11-25-24(15-22)29(32-17-31-25)34-21-9-13-28(19(3)14-21)38-23-10-12-27-26(16-23)33-18-36(27)4/h8-18,20H,5-7H2,1-4H3,(H,35,37)(H,31,32,34). The second kappa shape index (κ2) is 10.9. The summed E-state index contributed by atoms with van der Waals surface area (Å²) in [5.74, 6) is 2.23. The summed E-state index contributed by atoms with van der Waals surface area (Å²) in [6.07, 6.45) is 6.01. The molecule has 1 atom stereocenters. The van der Waals surface area contributed by atoms with E-state index in [0.29, 0.717) is 5.82 Å². The number of carbonyl (C=O) groups excluding carboxylic acids is 1. The van der Waals surface area contributed by atoms with E-state index in [0.717, 1.165) is 69.6 Å². The van der Waals surface area contributed by atoms with Crippen LogP contribution in [0.15, 0.2) is 67.3 Å². The number of anilines is 3. The van der Waals surface area contributed by atoms with Crippen molar-refractivity contribution in [1.29, 1.82) is 0 Å². The maximum atomic E-state index is 12.7. The summed E-state index contributed by atoms with van der Waals surface area (Å²) in [6, 6.07) is 17.5. The van der Waals surface area contributed by atoms with Crippen molar-refractivity contribution in [3.05, 3.63) is 72.8 Å². The third-order valence-electron chi connectivity index (χ3n) is 6.77. The highest BCUT2D eigenvalue weighted by Crippen LogP contribution is 2.31. The highest BCUT2D eigenvalue weighted by molar-refractivity contribution is 5.98. The third-order valence-corrected chi connectivity index (χ3v) is 6.77. The molecule has 0 aliphatic carbocycles. The summed E-state index contributed by atoms with van der Waals surface area (Å²) >= 11 is 0. The Morgan fingerprint density at radius 1 is 0.974 bits per heavy atom. The van der Waals surface area contributed by atoms with E-state index in [1.807, 2.05) is 80.1 Å². The van der Waals surface area contributed by atoms with Crippen molar-refractivity contribution >= 4 is 45.0 Å². The van der Waals surface area contributed by atoms with Crippen LogP contribution in [0.25, 0.3) is 21.9 Å². The summed E-state index contributed by atoms with van der Waals surface area (Å²) in [6.45, 7) is 6.15. The molecule has 0 aliphatic heterocycles. The van der Waals surface area contributed by atoms with Gasteiger partial charge in [0.05, 0.1) is 22.9 Å². The third kappa shape index (κ3) is 5.29. The van der Waals surface area contributed by atoms with Crippen LogP contribution < -0.4 is 15.4 Å². The number of benzene rings is 3. The van der Waals surface area contributed by atoms with Crippen LogP contribution in [0.2, 0.25) is 0 Å². The summed E-state index contributed by atoms with van der Waals surface area (Å²) in [5.41, 5.74) is 5.33. The quantitative estimate of drug-likeness (QED) is 0.220. The van der Waals surface area contributed by atoms with Gasteiger partial charge in [-0.2, -0.15) is 0 Å². The van der Waals surface area contributed by atoms with E-state index in [4.69, 9.17) is 4.74 Å². The van der Waals surface area contributed by atoms with Crippen LogP contribution in [0, 0.1) is 12.8 Å². The highest BCUT2D eigenvalue weighted by atomic mass is 16.5. The number of nitrogens with zero attached hydrogens (tertiary/aromatic N) is 4. The van der Waals surface area contributed by atoms with Gasteiger partial charge >= 0.3 is 0 Å². The molecule has 2 N–H and O–H groups in total. The second-order valence-electron chi connectivity index (χ2n) is 9.55. The molecular formula is C30H32N6O2. The van der Waals surface area contributed by atoms with Crippen molar-refractivity contribution in [3.8, 4) is 11.5 Å². The smallest absolute Gasteiger partial charge is 0.227 e. The first-order valence-electron chi connectivity index (χ1n) is 13.0. The summed E-state index contributed by atoms with van der Waals surface area (Å²) < 4.78 is 8.14. The predicted molar refractivity (Wildman–Crippen MR) is 152 cm³/mol. The first-order valence-corrected chi connectivity index (χ1v) is 13.0. The Bertz CT molecular complexity index is 1610. The number of hydrogen-bond acceptors (Lipinski definition) is 6. The van der Waals surface area contributed by atoms with Crippen molar-refractivity contribution in [2.75, 3.05) is 10.6 Å². The molecule has 5 aromatic rings. The molecule has 8 nitrogen and oxygen atoms in total. The number of amides is 1. The zero-order valence-corrected chi connectivity index (χ0v) is 22.2. The molecule has 2 aromatic heterocycles. The van der Waals surface area contributed by atoms with Crippen molar-refractivity contribution < 1.29 is 9.53 Å². The van der Waals surface area contributed by atoms with Crippen LogP contribution >= 0.6 is 0 Å². The number of imidazole rings is 1. The molecule has 1 unspecified atom stereocenters. The molecule has 0 aliphatic rings. The van der Waals surface area contributed by atoms with E-state index in [2.05, 4.69) is 32.5 Å². The molecule has 0 saturated carbocycles. The van der Waals surface area contributed by atoms with Crippen LogP contribution in [-0.2, 0) is 11.8 Å². The predicted octanol–water partition coefficient (Wildman–Crippen LogP) is 7.13. The fourth-order valence-electron chi connectivity index (χ4n) is 4.63. The lowest BCUT2D eigenvalue weighted by Crippen LogP contribution is -2.22. The van der Waals surface area contributed by atoms with Crippen molar-refractivity contribution in [2.24, 2.45) is 13.0 Å². The van der Waals surface area contributed by atoms with Gasteiger partial charge in [0, 0.05) is 35.8 Å². The first kappa shape index (κ1) is 25.2. The Kier molecular flexibility index (Phi) is 7.22. The minimum atomic E-state index is 0.00916. The van der Waals surface area contributed by atoms with E-state index in [9.17, 15) is 4.79 Å². The van der Waals surface area contributed by atoms with Crippen molar-refractivity contribution in [1.82, 2.24) is 19.5 Å². The zero-order chi connectivity index (χ0) is 26.6. The van der Waals surface area contributed by atoms with Gasteiger partial charge in [0.25, 0.3) is 0 Å². The molecule has 2 heterocycles. The fraction of sp³-hybridized carbons (Fsp3) is 0.267. The molecule has 0 fully saturated rings. The zero-order valence-electron chi connectivity index (χ0n) is 22.2. The fourth-order valence-corrected chi connectivity index (χ4v) is 4.63. The molecule has 0 spiro atoms. The first-order chi connectivity index (χ1) is 18.4. The molecule has 3 aromatic carbocycles. The van der Waals surface area contributed by atoms with Gasteiger partial charge in [0.2, 0.25) is 5.91 Å². The lowest BCUT2D eigenvalue weighted by atomic mass is 10.00. The van der Waals surface area contributed by atoms with Gasteiger partial charge < -0.3 is 19.9 Å². The SMILES string of the molecule is CCCC(CC)C(=O)Nc1ccc2ncnc(Nc3ccc(Oc4ccc5c(c4)ncn5C)c(C)c3)c2c1. The molecule has 0 radical (unpaired) electrons. The van der Waals surface area contributed by atoms with Gasteiger partial charge in [-0.15, -0.1) is 0 Å². The minimum absolute atomic E-state index is 0.00916. The highest BCUT2D eigenvalue weighted by Gasteiger charge is 2.16. The number of fused-ring (bicyclic) bond motifs is 2. The summed E-state index contributed by atoms with van der Waals surface area (Å²) in [5, 5.41) is 7.31. The van der Waals surface area contributed by atoms with Gasteiger partial charge in [-0.05, 0) is 73.9 Å². The molecule has 0 saturated heterocycles. The summed E-state index contributed by atoms with van der Waals surface area (Å²) in [4.78, 5) is 26.0. The van der Waals surface area contributed by atoms with Crippen LogP contribution in [-0.4, -0.2) is 25.4 Å². The minimum Gasteiger partial charge on any atom is -0.457 e. The van der Waals surface area contributed by atoms with Crippen LogP contribution in [0.3, 0.4) is 0 Å².